The summed E-state index contributed by atoms with van der Waals surface area (Å²) in [4.78, 5) is 3.12. The first-order chi connectivity index (χ1) is 7.22. The zero-order chi connectivity index (χ0) is 10.8. The average Bonchev–Trinajstić information content (AvgIpc) is 2.64. The molecule has 3 nitrogen and oxygen atoms in total. The number of nitrogens with two attached hydrogens (primary N) is 1. The van der Waals surface area contributed by atoms with Gasteiger partial charge >= 0.3 is 0 Å². The molecule has 2 rings (SSSR count). The van der Waals surface area contributed by atoms with Crippen molar-refractivity contribution in [2.24, 2.45) is 0 Å². The maximum Gasteiger partial charge on any atom is 0.128 e. The van der Waals surface area contributed by atoms with E-state index >= 15 is 0 Å². The number of hydrogen-bond acceptors (Lipinski definition) is 2. The van der Waals surface area contributed by atoms with Gasteiger partial charge in [-0.05, 0) is 25.1 Å². The summed E-state index contributed by atoms with van der Waals surface area (Å²) < 4.78 is 5.30. The third kappa shape index (κ3) is 1.68. The van der Waals surface area contributed by atoms with Crippen molar-refractivity contribution >= 4 is 5.69 Å². The highest BCUT2D eigenvalue weighted by atomic mass is 16.5. The molecule has 78 valence electrons. The summed E-state index contributed by atoms with van der Waals surface area (Å²) in [5, 5.41) is 0. The lowest BCUT2D eigenvalue weighted by atomic mass is 10.1. The molecule has 2 aromatic rings. The summed E-state index contributed by atoms with van der Waals surface area (Å²) >= 11 is 0. The monoisotopic (exact) mass is 202 g/mol. The summed E-state index contributed by atoms with van der Waals surface area (Å²) in [6.45, 7) is 2.04. The fourth-order valence-corrected chi connectivity index (χ4v) is 1.63. The number of aryl methyl sites for hydroxylation is 1. The van der Waals surface area contributed by atoms with Crippen LogP contribution >= 0.6 is 0 Å². The number of H-pyrrole nitrogens is 1. The van der Waals surface area contributed by atoms with Crippen LogP contribution in [0.15, 0.2) is 30.5 Å². The Morgan fingerprint density at radius 1 is 1.27 bits per heavy atom. The quantitative estimate of drug-likeness (QED) is 0.786. The molecule has 1 aromatic carbocycles. The van der Waals surface area contributed by atoms with Gasteiger partial charge < -0.3 is 15.5 Å². The predicted octanol–water partition coefficient (Wildman–Crippen LogP) is 2.58. The number of nitrogens with one attached hydrogen (secondary N) is 1. The highest BCUT2D eigenvalue weighted by molar-refractivity contribution is 5.77. The van der Waals surface area contributed by atoms with Crippen LogP contribution in [0.4, 0.5) is 5.69 Å². The lowest BCUT2D eigenvalue weighted by molar-refractivity contribution is 0.416. The second kappa shape index (κ2) is 3.69. The van der Waals surface area contributed by atoms with Gasteiger partial charge in [0.25, 0.3) is 0 Å². The molecule has 15 heavy (non-hydrogen) atoms. The van der Waals surface area contributed by atoms with E-state index in [9.17, 15) is 0 Å². The van der Waals surface area contributed by atoms with E-state index < -0.39 is 0 Å². The van der Waals surface area contributed by atoms with Gasteiger partial charge in [0.1, 0.15) is 5.75 Å². The smallest absolute Gasteiger partial charge is 0.128 e. The molecule has 0 spiro atoms. The van der Waals surface area contributed by atoms with Crippen molar-refractivity contribution < 1.29 is 4.74 Å². The van der Waals surface area contributed by atoms with Gasteiger partial charge in [-0.1, -0.05) is 11.6 Å². The molecule has 3 heteroatoms. The lowest BCUT2D eigenvalue weighted by Gasteiger charge is -2.08. The van der Waals surface area contributed by atoms with Crippen molar-refractivity contribution in [2.75, 3.05) is 12.8 Å². The number of aromatic nitrogens is 1. The largest absolute Gasteiger partial charge is 0.496 e. The number of methoxy groups -OCH3 is 1. The van der Waals surface area contributed by atoms with Crippen LogP contribution in [0.2, 0.25) is 0 Å². The highest BCUT2D eigenvalue weighted by Crippen LogP contribution is 2.33. The molecule has 0 radical (unpaired) electrons. The Kier molecular flexibility index (Phi) is 2.37. The van der Waals surface area contributed by atoms with E-state index in [2.05, 4.69) is 11.1 Å². The summed E-state index contributed by atoms with van der Waals surface area (Å²) in [5.41, 5.74) is 9.69. The third-order valence-electron chi connectivity index (χ3n) is 2.40. The number of rotatable bonds is 2. The Morgan fingerprint density at radius 3 is 2.67 bits per heavy atom. The van der Waals surface area contributed by atoms with Crippen LogP contribution in [-0.2, 0) is 0 Å². The molecule has 1 heterocycles. The zero-order valence-corrected chi connectivity index (χ0v) is 8.87. The Hall–Kier alpha value is -1.90. The van der Waals surface area contributed by atoms with Gasteiger partial charge in [-0.15, -0.1) is 0 Å². The van der Waals surface area contributed by atoms with Crippen molar-refractivity contribution in [2.45, 2.75) is 6.92 Å². The van der Waals surface area contributed by atoms with Crippen LogP contribution in [-0.4, -0.2) is 12.1 Å². The summed E-state index contributed by atoms with van der Waals surface area (Å²) in [5.74, 6) is 0.828. The van der Waals surface area contributed by atoms with E-state index in [4.69, 9.17) is 10.5 Å². The molecule has 0 unspecified atom stereocenters. The number of hydrogen-bond donors (Lipinski definition) is 2. The van der Waals surface area contributed by atoms with Crippen molar-refractivity contribution in [1.29, 1.82) is 0 Å². The van der Waals surface area contributed by atoms with Gasteiger partial charge in [0, 0.05) is 11.8 Å². The minimum atomic E-state index is 0.735. The average molecular weight is 202 g/mol. The van der Waals surface area contributed by atoms with E-state index in [1.54, 1.807) is 7.11 Å². The molecule has 0 fully saturated rings. The van der Waals surface area contributed by atoms with Crippen LogP contribution in [0.1, 0.15) is 5.56 Å². The number of nitrogen functional groups attached to an aromatic ring is 1. The maximum atomic E-state index is 5.86. The standard InChI is InChI=1S/C12H14N2O/c1-8-3-4-11(15-2)9(7-8)12-10(13)5-6-14-12/h3-7,14H,13H2,1-2H3. The fraction of sp³-hybridized carbons (Fsp3) is 0.167. The first-order valence-corrected chi connectivity index (χ1v) is 4.80. The van der Waals surface area contributed by atoms with Gasteiger partial charge in [-0.25, -0.2) is 0 Å². The topological polar surface area (TPSA) is 51.0 Å². The normalized spacial score (nSPS) is 10.3. The Morgan fingerprint density at radius 2 is 2.07 bits per heavy atom. The molecule has 0 bridgehead atoms. The molecule has 0 amide bonds. The second-order valence-electron chi connectivity index (χ2n) is 3.51. The van der Waals surface area contributed by atoms with E-state index in [1.165, 1.54) is 5.56 Å². The first-order valence-electron chi connectivity index (χ1n) is 4.80. The molecular formula is C12H14N2O. The van der Waals surface area contributed by atoms with Gasteiger partial charge in [-0.2, -0.15) is 0 Å². The molecule has 0 saturated heterocycles. The summed E-state index contributed by atoms with van der Waals surface area (Å²) in [6, 6.07) is 7.87. The first kappa shape index (κ1) is 9.65. The minimum absolute atomic E-state index is 0.735. The third-order valence-corrected chi connectivity index (χ3v) is 2.40. The van der Waals surface area contributed by atoms with E-state index in [1.807, 2.05) is 31.3 Å². The molecule has 0 atom stereocenters. The van der Waals surface area contributed by atoms with Gasteiger partial charge in [0.15, 0.2) is 0 Å². The molecule has 1 aromatic heterocycles. The fourth-order valence-electron chi connectivity index (χ4n) is 1.63. The van der Waals surface area contributed by atoms with Gasteiger partial charge in [-0.3, -0.25) is 0 Å². The van der Waals surface area contributed by atoms with Crippen LogP contribution in [0.5, 0.6) is 5.75 Å². The molecule has 0 aliphatic rings. The van der Waals surface area contributed by atoms with Crippen molar-refractivity contribution in [3.05, 3.63) is 36.0 Å². The van der Waals surface area contributed by atoms with Crippen LogP contribution in [0.3, 0.4) is 0 Å². The number of benzene rings is 1. The molecule has 0 saturated carbocycles. The molecular weight excluding hydrogens is 188 g/mol. The second-order valence-corrected chi connectivity index (χ2v) is 3.51. The summed E-state index contributed by atoms with van der Waals surface area (Å²) in [7, 11) is 1.66. The molecule has 0 aliphatic heterocycles. The van der Waals surface area contributed by atoms with E-state index in [-0.39, 0.29) is 0 Å². The lowest BCUT2D eigenvalue weighted by Crippen LogP contribution is -1.92. The number of anilines is 1. The Bertz CT molecular complexity index is 474. The molecule has 3 N–H and O–H groups in total. The van der Waals surface area contributed by atoms with E-state index in [0.29, 0.717) is 0 Å². The van der Waals surface area contributed by atoms with Crippen LogP contribution in [0.25, 0.3) is 11.3 Å². The zero-order valence-electron chi connectivity index (χ0n) is 8.87. The Labute approximate surface area is 88.9 Å². The number of aromatic amines is 1. The van der Waals surface area contributed by atoms with Gasteiger partial charge in [0.2, 0.25) is 0 Å². The van der Waals surface area contributed by atoms with Gasteiger partial charge in [0.05, 0.1) is 18.5 Å². The highest BCUT2D eigenvalue weighted by Gasteiger charge is 2.09. The van der Waals surface area contributed by atoms with Crippen molar-refractivity contribution in [3.8, 4) is 17.0 Å². The SMILES string of the molecule is COc1ccc(C)cc1-c1[nH]ccc1N. The maximum absolute atomic E-state index is 5.86. The number of ether oxygens (including phenoxy) is 1. The molecule has 0 aliphatic carbocycles. The van der Waals surface area contributed by atoms with Crippen molar-refractivity contribution in [3.63, 3.8) is 0 Å². The van der Waals surface area contributed by atoms with Crippen molar-refractivity contribution in [1.82, 2.24) is 4.98 Å². The Balaban J connectivity index is 2.60. The van der Waals surface area contributed by atoms with Crippen LogP contribution in [0, 0.1) is 6.92 Å². The van der Waals surface area contributed by atoms with Crippen LogP contribution < -0.4 is 10.5 Å². The minimum Gasteiger partial charge on any atom is -0.496 e. The summed E-state index contributed by atoms with van der Waals surface area (Å²) in [6.07, 6.45) is 1.83. The van der Waals surface area contributed by atoms with E-state index in [0.717, 1.165) is 22.7 Å². The predicted molar refractivity (Wildman–Crippen MR) is 61.9 cm³/mol.